The molecule has 2 unspecified atom stereocenters. The molecule has 1 fully saturated rings. The summed E-state index contributed by atoms with van der Waals surface area (Å²) < 4.78 is 5.81. The molecule has 0 radical (unpaired) electrons. The molecule has 3 N–H and O–H groups in total. The minimum absolute atomic E-state index is 0.260. The Labute approximate surface area is 99.5 Å². The van der Waals surface area contributed by atoms with Crippen LogP contribution in [0, 0.1) is 0 Å². The molecule has 2 atom stereocenters. The van der Waals surface area contributed by atoms with Crippen LogP contribution in [0.15, 0.2) is 0 Å². The smallest absolute Gasteiger partial charge is 0.0868 e. The van der Waals surface area contributed by atoms with Crippen LogP contribution in [0.1, 0.15) is 39.5 Å². The number of likely N-dealkylation sites (N-methyl/N-ethyl adjacent to an activating group) is 1. The van der Waals surface area contributed by atoms with Crippen molar-refractivity contribution in [1.29, 1.82) is 0 Å². The van der Waals surface area contributed by atoms with E-state index >= 15 is 0 Å². The zero-order chi connectivity index (χ0) is 11.8. The summed E-state index contributed by atoms with van der Waals surface area (Å²) in [5.41, 5.74) is 2.92. The number of rotatable bonds is 7. The average molecular weight is 229 g/mol. The number of nitrogens with zero attached hydrogens (tertiary/aromatic N) is 1. The van der Waals surface area contributed by atoms with Crippen molar-refractivity contribution in [2.24, 2.45) is 5.84 Å². The lowest BCUT2D eigenvalue weighted by molar-refractivity contribution is -0.0465. The largest absolute Gasteiger partial charge is 0.374 e. The number of hydrogen-bond acceptors (Lipinski definition) is 4. The predicted molar refractivity (Wildman–Crippen MR) is 67.1 cm³/mol. The zero-order valence-electron chi connectivity index (χ0n) is 10.7. The monoisotopic (exact) mass is 229 g/mol. The van der Waals surface area contributed by atoms with Crippen LogP contribution in [0.5, 0.6) is 0 Å². The summed E-state index contributed by atoms with van der Waals surface area (Å²) >= 11 is 0. The molecule has 0 saturated carbocycles. The minimum Gasteiger partial charge on any atom is -0.374 e. The molecule has 1 rings (SSSR count). The molecule has 0 aromatic carbocycles. The van der Waals surface area contributed by atoms with Gasteiger partial charge in [0.05, 0.1) is 12.7 Å². The van der Waals surface area contributed by atoms with Gasteiger partial charge in [0.15, 0.2) is 0 Å². The van der Waals surface area contributed by atoms with Crippen molar-refractivity contribution in [2.75, 3.05) is 26.2 Å². The fraction of sp³-hybridized carbons (Fsp3) is 1.00. The lowest BCUT2D eigenvalue weighted by Gasteiger charge is -2.36. The lowest BCUT2D eigenvalue weighted by atomic mass is 10.0. The molecule has 0 aliphatic carbocycles. The van der Waals surface area contributed by atoms with Crippen molar-refractivity contribution < 1.29 is 4.74 Å². The highest BCUT2D eigenvalue weighted by molar-refractivity contribution is 4.81. The Morgan fingerprint density at radius 1 is 1.44 bits per heavy atom. The van der Waals surface area contributed by atoms with Gasteiger partial charge in [0.2, 0.25) is 0 Å². The van der Waals surface area contributed by atoms with Gasteiger partial charge in [-0.1, -0.05) is 33.1 Å². The van der Waals surface area contributed by atoms with Gasteiger partial charge in [-0.2, -0.15) is 0 Å². The SMILES string of the molecule is CCCCCC(NN)C1CN(CC)CCO1. The molecule has 4 heteroatoms. The molecule has 16 heavy (non-hydrogen) atoms. The highest BCUT2D eigenvalue weighted by Gasteiger charge is 2.26. The highest BCUT2D eigenvalue weighted by atomic mass is 16.5. The van der Waals surface area contributed by atoms with Crippen LogP contribution in [0.2, 0.25) is 0 Å². The average Bonchev–Trinajstić information content (AvgIpc) is 2.35. The Morgan fingerprint density at radius 2 is 2.25 bits per heavy atom. The molecule has 96 valence electrons. The number of morpholine rings is 1. The van der Waals surface area contributed by atoms with E-state index in [2.05, 4.69) is 24.2 Å². The molecule has 0 bridgehead atoms. The van der Waals surface area contributed by atoms with Crippen LogP contribution in [-0.2, 0) is 4.74 Å². The minimum atomic E-state index is 0.260. The Morgan fingerprint density at radius 3 is 2.88 bits per heavy atom. The number of hydrogen-bond donors (Lipinski definition) is 2. The van der Waals surface area contributed by atoms with E-state index in [9.17, 15) is 0 Å². The second-order valence-electron chi connectivity index (χ2n) is 4.57. The van der Waals surface area contributed by atoms with Crippen molar-refractivity contribution >= 4 is 0 Å². The molecular weight excluding hydrogens is 202 g/mol. The summed E-state index contributed by atoms with van der Waals surface area (Å²) in [6.07, 6.45) is 5.14. The van der Waals surface area contributed by atoms with Gasteiger partial charge in [-0.3, -0.25) is 16.2 Å². The van der Waals surface area contributed by atoms with Gasteiger partial charge in [0.25, 0.3) is 0 Å². The fourth-order valence-corrected chi connectivity index (χ4v) is 2.25. The molecule has 1 aliphatic heterocycles. The molecular formula is C12H27N3O. The van der Waals surface area contributed by atoms with E-state index in [1.807, 2.05) is 0 Å². The van der Waals surface area contributed by atoms with Gasteiger partial charge in [-0.25, -0.2) is 0 Å². The summed E-state index contributed by atoms with van der Waals surface area (Å²) in [5, 5.41) is 0. The Kier molecular flexibility index (Phi) is 6.96. The highest BCUT2D eigenvalue weighted by Crippen LogP contribution is 2.13. The molecule has 1 aliphatic rings. The standard InChI is InChI=1S/C12H27N3O/c1-3-5-6-7-11(14-13)12-10-15(4-2)8-9-16-12/h11-12,14H,3-10,13H2,1-2H3. The van der Waals surface area contributed by atoms with Gasteiger partial charge in [0, 0.05) is 19.1 Å². The summed E-state index contributed by atoms with van der Waals surface area (Å²) in [7, 11) is 0. The van der Waals surface area contributed by atoms with Crippen LogP contribution in [0.3, 0.4) is 0 Å². The van der Waals surface area contributed by atoms with Crippen LogP contribution in [0.25, 0.3) is 0 Å². The maximum absolute atomic E-state index is 5.81. The molecule has 1 heterocycles. The van der Waals surface area contributed by atoms with Crippen LogP contribution in [0.4, 0.5) is 0 Å². The summed E-state index contributed by atoms with van der Waals surface area (Å²) in [4.78, 5) is 2.43. The van der Waals surface area contributed by atoms with E-state index in [1.54, 1.807) is 0 Å². The van der Waals surface area contributed by atoms with Crippen LogP contribution < -0.4 is 11.3 Å². The first-order valence-corrected chi connectivity index (χ1v) is 6.61. The van der Waals surface area contributed by atoms with E-state index < -0.39 is 0 Å². The van der Waals surface area contributed by atoms with E-state index in [0.29, 0.717) is 6.04 Å². The summed E-state index contributed by atoms with van der Waals surface area (Å²) in [6, 6.07) is 0.306. The predicted octanol–water partition coefficient (Wildman–Crippen LogP) is 1.12. The van der Waals surface area contributed by atoms with E-state index in [0.717, 1.165) is 32.7 Å². The first-order valence-electron chi connectivity index (χ1n) is 6.61. The normalized spacial score (nSPS) is 24.6. The van der Waals surface area contributed by atoms with Crippen molar-refractivity contribution in [3.8, 4) is 0 Å². The summed E-state index contributed by atoms with van der Waals surface area (Å²) in [5.74, 6) is 5.62. The third-order valence-corrected chi connectivity index (χ3v) is 3.41. The number of hydrazine groups is 1. The molecule has 0 amide bonds. The number of ether oxygens (including phenoxy) is 1. The van der Waals surface area contributed by atoms with Crippen LogP contribution in [-0.4, -0.2) is 43.3 Å². The lowest BCUT2D eigenvalue weighted by Crippen LogP contribution is -2.53. The molecule has 0 aromatic rings. The number of nitrogens with one attached hydrogen (secondary N) is 1. The first kappa shape index (κ1) is 13.9. The van der Waals surface area contributed by atoms with Crippen LogP contribution >= 0.6 is 0 Å². The third-order valence-electron chi connectivity index (χ3n) is 3.41. The second kappa shape index (κ2) is 8.01. The van der Waals surface area contributed by atoms with Crippen molar-refractivity contribution in [2.45, 2.75) is 51.7 Å². The van der Waals surface area contributed by atoms with Gasteiger partial charge in [0.1, 0.15) is 0 Å². The Bertz CT molecular complexity index is 178. The van der Waals surface area contributed by atoms with Gasteiger partial charge in [-0.05, 0) is 13.0 Å². The molecule has 1 saturated heterocycles. The van der Waals surface area contributed by atoms with Gasteiger partial charge >= 0.3 is 0 Å². The first-order chi connectivity index (χ1) is 7.81. The van der Waals surface area contributed by atoms with Crippen molar-refractivity contribution in [3.05, 3.63) is 0 Å². The van der Waals surface area contributed by atoms with Gasteiger partial charge < -0.3 is 4.74 Å². The van der Waals surface area contributed by atoms with E-state index in [-0.39, 0.29) is 6.10 Å². The fourth-order valence-electron chi connectivity index (χ4n) is 2.25. The third kappa shape index (κ3) is 4.37. The summed E-state index contributed by atoms with van der Waals surface area (Å²) in [6.45, 7) is 8.43. The molecule has 0 spiro atoms. The van der Waals surface area contributed by atoms with Crippen molar-refractivity contribution in [1.82, 2.24) is 10.3 Å². The molecule has 0 aromatic heterocycles. The Hall–Kier alpha value is -0.160. The maximum atomic E-state index is 5.81. The van der Waals surface area contributed by atoms with Gasteiger partial charge in [-0.15, -0.1) is 0 Å². The quantitative estimate of drug-likeness (QED) is 0.390. The Balaban J connectivity index is 2.32. The number of nitrogens with two attached hydrogens (primary N) is 1. The maximum Gasteiger partial charge on any atom is 0.0868 e. The van der Waals surface area contributed by atoms with E-state index in [1.165, 1.54) is 19.3 Å². The topological polar surface area (TPSA) is 50.5 Å². The molecule has 4 nitrogen and oxygen atoms in total. The van der Waals surface area contributed by atoms with E-state index in [4.69, 9.17) is 10.6 Å². The second-order valence-corrected chi connectivity index (χ2v) is 4.57. The number of unbranched alkanes of at least 4 members (excludes halogenated alkanes) is 2. The zero-order valence-corrected chi connectivity index (χ0v) is 10.7. The van der Waals surface area contributed by atoms with Crippen molar-refractivity contribution in [3.63, 3.8) is 0 Å².